The molecule has 146 valence electrons. The van der Waals surface area contributed by atoms with Gasteiger partial charge in [0.2, 0.25) is 5.91 Å². The van der Waals surface area contributed by atoms with Crippen molar-refractivity contribution in [2.45, 2.75) is 6.42 Å². The fourth-order valence-corrected chi connectivity index (χ4v) is 3.24. The molecule has 2 aromatic rings. The molecule has 0 bridgehead atoms. The molecule has 7 heteroatoms. The molecule has 2 rings (SSSR count). The molecular weight excluding hydrogens is 430 g/mol. The van der Waals surface area contributed by atoms with Crippen molar-refractivity contribution in [3.05, 3.63) is 52.5 Å². The molecule has 0 aliphatic heterocycles. The zero-order valence-electron chi connectivity index (χ0n) is 15.5. The van der Waals surface area contributed by atoms with Crippen LogP contribution in [0, 0.1) is 0 Å². The number of carbonyl (C=O) groups is 1. The van der Waals surface area contributed by atoms with Gasteiger partial charge in [-0.25, -0.2) is 0 Å². The first kappa shape index (κ1) is 21.4. The van der Waals surface area contributed by atoms with Gasteiger partial charge in [0, 0.05) is 16.8 Å². The fourth-order valence-electron chi connectivity index (χ4n) is 2.35. The minimum atomic E-state index is 0.0316. The summed E-state index contributed by atoms with van der Waals surface area (Å²) in [6.45, 7) is 1.16. The average molecular weight is 454 g/mol. The molecule has 0 atom stereocenters. The number of hydrogen-bond donors (Lipinski definition) is 1. The molecular formula is C20H24BrNO4S. The third kappa shape index (κ3) is 7.72. The van der Waals surface area contributed by atoms with Crippen molar-refractivity contribution in [2.24, 2.45) is 0 Å². The molecule has 27 heavy (non-hydrogen) atoms. The van der Waals surface area contributed by atoms with E-state index in [-0.39, 0.29) is 5.91 Å². The van der Waals surface area contributed by atoms with E-state index in [1.165, 1.54) is 0 Å². The maximum atomic E-state index is 11.9. The van der Waals surface area contributed by atoms with Gasteiger partial charge in [-0.2, -0.15) is 0 Å². The van der Waals surface area contributed by atoms with E-state index < -0.39 is 0 Å². The van der Waals surface area contributed by atoms with Crippen molar-refractivity contribution in [1.29, 1.82) is 0 Å². The second-order valence-electron chi connectivity index (χ2n) is 5.64. The lowest BCUT2D eigenvalue weighted by Crippen LogP contribution is -2.27. The lowest BCUT2D eigenvalue weighted by Gasteiger charge is -2.10. The van der Waals surface area contributed by atoms with Crippen molar-refractivity contribution < 1.29 is 19.0 Å². The van der Waals surface area contributed by atoms with Crippen LogP contribution in [-0.2, 0) is 11.2 Å². The maximum Gasteiger partial charge on any atom is 0.230 e. The highest BCUT2D eigenvalue weighted by atomic mass is 79.9. The number of rotatable bonds is 11. The number of methoxy groups -OCH3 is 2. The van der Waals surface area contributed by atoms with Crippen molar-refractivity contribution in [3.63, 3.8) is 0 Å². The summed E-state index contributed by atoms with van der Waals surface area (Å²) in [4.78, 5) is 11.9. The predicted molar refractivity (Wildman–Crippen MR) is 113 cm³/mol. The minimum absolute atomic E-state index is 0.0316. The Morgan fingerprint density at radius 1 is 1.07 bits per heavy atom. The van der Waals surface area contributed by atoms with Gasteiger partial charge in [0.1, 0.15) is 5.75 Å². The number of halogens is 1. The Labute approximate surface area is 172 Å². The first-order valence-corrected chi connectivity index (χ1v) is 10.5. The fraction of sp³-hybridized carbons (Fsp3) is 0.350. The molecule has 2 aromatic carbocycles. The van der Waals surface area contributed by atoms with E-state index in [1.54, 1.807) is 26.0 Å². The Balaban J connectivity index is 1.59. The Hall–Kier alpha value is -1.86. The van der Waals surface area contributed by atoms with Crippen LogP contribution in [0.2, 0.25) is 0 Å². The summed E-state index contributed by atoms with van der Waals surface area (Å²) >= 11 is 4.95. The van der Waals surface area contributed by atoms with Crippen LogP contribution in [0.5, 0.6) is 17.2 Å². The van der Waals surface area contributed by atoms with Gasteiger partial charge < -0.3 is 19.5 Å². The largest absolute Gasteiger partial charge is 0.493 e. The zero-order valence-corrected chi connectivity index (χ0v) is 17.9. The monoisotopic (exact) mass is 453 g/mol. The van der Waals surface area contributed by atoms with Crippen LogP contribution in [0.3, 0.4) is 0 Å². The van der Waals surface area contributed by atoms with Gasteiger partial charge in [0.25, 0.3) is 0 Å². The van der Waals surface area contributed by atoms with Crippen LogP contribution >= 0.6 is 27.7 Å². The molecule has 0 saturated heterocycles. The Morgan fingerprint density at radius 3 is 2.52 bits per heavy atom. The van der Waals surface area contributed by atoms with Crippen LogP contribution in [0.4, 0.5) is 0 Å². The van der Waals surface area contributed by atoms with E-state index in [1.807, 2.05) is 42.5 Å². The number of amides is 1. The van der Waals surface area contributed by atoms with Gasteiger partial charge in [0.15, 0.2) is 11.5 Å². The Morgan fingerprint density at radius 2 is 1.81 bits per heavy atom. The normalized spacial score (nSPS) is 10.3. The minimum Gasteiger partial charge on any atom is -0.493 e. The maximum absolute atomic E-state index is 11.9. The first-order valence-electron chi connectivity index (χ1n) is 8.56. The average Bonchev–Trinajstić information content (AvgIpc) is 2.69. The third-order valence-corrected chi connectivity index (χ3v) is 5.18. The highest BCUT2D eigenvalue weighted by Crippen LogP contribution is 2.27. The lowest BCUT2D eigenvalue weighted by atomic mass is 10.1. The second kappa shape index (κ2) is 11.8. The van der Waals surface area contributed by atoms with Gasteiger partial charge in [-0.15, -0.1) is 11.8 Å². The van der Waals surface area contributed by atoms with Gasteiger partial charge in [-0.05, 0) is 48.4 Å². The molecule has 0 aliphatic rings. The van der Waals surface area contributed by atoms with Gasteiger partial charge in [0.05, 0.1) is 26.6 Å². The Bertz CT molecular complexity index is 724. The van der Waals surface area contributed by atoms with E-state index in [0.717, 1.165) is 28.0 Å². The van der Waals surface area contributed by atoms with Crippen molar-refractivity contribution in [1.82, 2.24) is 5.32 Å². The molecule has 0 aliphatic carbocycles. The lowest BCUT2D eigenvalue weighted by molar-refractivity contribution is -0.118. The number of benzene rings is 2. The quantitative estimate of drug-likeness (QED) is 0.522. The summed E-state index contributed by atoms with van der Waals surface area (Å²) < 4.78 is 17.2. The molecule has 0 heterocycles. The van der Waals surface area contributed by atoms with Gasteiger partial charge in [-0.1, -0.05) is 22.0 Å². The molecule has 0 radical (unpaired) electrons. The van der Waals surface area contributed by atoms with Gasteiger partial charge in [-0.3, -0.25) is 4.79 Å². The predicted octanol–water partition coefficient (Wildman–Crippen LogP) is 3.94. The molecule has 0 fully saturated rings. The molecule has 0 unspecified atom stereocenters. The number of hydrogen-bond acceptors (Lipinski definition) is 5. The number of ether oxygens (including phenoxy) is 3. The van der Waals surface area contributed by atoms with Crippen LogP contribution in [0.15, 0.2) is 46.9 Å². The summed E-state index contributed by atoms with van der Waals surface area (Å²) in [6, 6.07) is 13.5. The van der Waals surface area contributed by atoms with E-state index in [9.17, 15) is 4.79 Å². The molecule has 1 amide bonds. The highest BCUT2D eigenvalue weighted by Gasteiger charge is 2.06. The van der Waals surface area contributed by atoms with Crippen molar-refractivity contribution >= 4 is 33.6 Å². The molecule has 0 saturated carbocycles. The number of nitrogens with one attached hydrogen (secondary N) is 1. The summed E-state index contributed by atoms with van der Waals surface area (Å²) in [6.07, 6.45) is 0.740. The standard InChI is InChI=1S/C20H24BrNO4S/c1-24-18-8-3-15(13-19(18)25-2)9-10-22-20(23)14-27-12-11-26-17-6-4-16(21)5-7-17/h3-8,13H,9-12,14H2,1-2H3,(H,22,23). The molecule has 5 nitrogen and oxygen atoms in total. The summed E-state index contributed by atoms with van der Waals surface area (Å²) in [5.74, 6) is 3.45. The van der Waals surface area contributed by atoms with Crippen molar-refractivity contribution in [2.75, 3.05) is 38.9 Å². The molecule has 1 N–H and O–H groups in total. The summed E-state index contributed by atoms with van der Waals surface area (Å²) in [5, 5.41) is 2.93. The first-order chi connectivity index (χ1) is 13.1. The smallest absolute Gasteiger partial charge is 0.230 e. The number of carbonyl (C=O) groups excluding carboxylic acids is 1. The van der Waals surface area contributed by atoms with E-state index in [2.05, 4.69) is 21.2 Å². The van der Waals surface area contributed by atoms with Crippen molar-refractivity contribution in [3.8, 4) is 17.2 Å². The SMILES string of the molecule is COc1ccc(CCNC(=O)CSCCOc2ccc(Br)cc2)cc1OC. The van der Waals surface area contributed by atoms with Gasteiger partial charge >= 0.3 is 0 Å². The topological polar surface area (TPSA) is 56.8 Å². The summed E-state index contributed by atoms with van der Waals surface area (Å²) in [7, 11) is 3.22. The zero-order chi connectivity index (χ0) is 19.5. The van der Waals surface area contributed by atoms with E-state index in [0.29, 0.717) is 30.4 Å². The summed E-state index contributed by atoms with van der Waals surface area (Å²) in [5.41, 5.74) is 1.09. The second-order valence-corrected chi connectivity index (χ2v) is 7.67. The number of thioether (sulfide) groups is 1. The van der Waals surface area contributed by atoms with E-state index >= 15 is 0 Å². The Kier molecular flexibility index (Phi) is 9.35. The van der Waals surface area contributed by atoms with Crippen LogP contribution in [0.1, 0.15) is 5.56 Å². The molecule has 0 aromatic heterocycles. The highest BCUT2D eigenvalue weighted by molar-refractivity contribution is 9.10. The third-order valence-electron chi connectivity index (χ3n) is 3.73. The van der Waals surface area contributed by atoms with Crippen LogP contribution in [0.25, 0.3) is 0 Å². The van der Waals surface area contributed by atoms with Crippen LogP contribution < -0.4 is 19.5 Å². The molecule has 0 spiro atoms. The van der Waals surface area contributed by atoms with Crippen LogP contribution in [-0.4, -0.2) is 44.8 Å². The van der Waals surface area contributed by atoms with E-state index in [4.69, 9.17) is 14.2 Å².